The summed E-state index contributed by atoms with van der Waals surface area (Å²) in [5.41, 5.74) is 0. The van der Waals surface area contributed by atoms with Crippen molar-refractivity contribution in [3.63, 3.8) is 0 Å². The summed E-state index contributed by atoms with van der Waals surface area (Å²) in [6, 6.07) is 2.18. The number of hydrogen-bond acceptors (Lipinski definition) is 7. The second-order valence-electron chi connectivity index (χ2n) is 5.15. The van der Waals surface area contributed by atoms with Gasteiger partial charge in [0.2, 0.25) is 5.95 Å². The van der Waals surface area contributed by atoms with Crippen molar-refractivity contribution >= 4 is 23.5 Å². The minimum Gasteiger partial charge on any atom is -0.364 e. The molecule has 1 N–H and O–H groups in total. The Morgan fingerprint density at radius 1 is 1.32 bits per heavy atom. The second kappa shape index (κ2) is 7.40. The highest BCUT2D eigenvalue weighted by Gasteiger charge is 2.21. The van der Waals surface area contributed by atoms with Gasteiger partial charge in [0, 0.05) is 31.5 Å². The molecule has 0 amide bonds. The highest BCUT2D eigenvalue weighted by molar-refractivity contribution is 7.99. The van der Waals surface area contributed by atoms with Crippen molar-refractivity contribution in [3.05, 3.63) is 30.9 Å². The van der Waals surface area contributed by atoms with Crippen LogP contribution >= 0.6 is 11.8 Å². The first-order valence-electron chi connectivity index (χ1n) is 7.58. The SMILES string of the molecule is CCSc1cncc(N[C@H]2CCCN(c3ncccn3)C2)n1. The zero-order valence-electron chi connectivity index (χ0n) is 12.6. The first-order valence-corrected chi connectivity index (χ1v) is 8.57. The van der Waals surface area contributed by atoms with Gasteiger partial charge in [0.15, 0.2) is 0 Å². The third-order valence-electron chi connectivity index (χ3n) is 3.51. The maximum Gasteiger partial charge on any atom is 0.225 e. The molecular weight excluding hydrogens is 296 g/mol. The zero-order valence-corrected chi connectivity index (χ0v) is 13.5. The van der Waals surface area contributed by atoms with E-state index in [-0.39, 0.29) is 0 Å². The van der Waals surface area contributed by atoms with Crippen molar-refractivity contribution < 1.29 is 0 Å². The number of nitrogens with one attached hydrogen (secondary N) is 1. The Morgan fingerprint density at radius 2 is 2.18 bits per heavy atom. The molecule has 0 bridgehead atoms. The van der Waals surface area contributed by atoms with Crippen molar-refractivity contribution in [2.75, 3.05) is 29.1 Å². The molecule has 1 aliphatic rings. The summed E-state index contributed by atoms with van der Waals surface area (Å²) in [6.07, 6.45) is 9.41. The van der Waals surface area contributed by atoms with E-state index in [0.29, 0.717) is 6.04 Å². The molecular formula is C15H20N6S. The van der Waals surface area contributed by atoms with E-state index in [1.807, 2.05) is 12.3 Å². The Kier molecular flexibility index (Phi) is 5.05. The average molecular weight is 316 g/mol. The monoisotopic (exact) mass is 316 g/mol. The largest absolute Gasteiger partial charge is 0.364 e. The molecule has 0 saturated carbocycles. The minimum atomic E-state index is 0.341. The van der Waals surface area contributed by atoms with Gasteiger partial charge >= 0.3 is 0 Å². The molecule has 3 heterocycles. The first-order chi connectivity index (χ1) is 10.8. The van der Waals surface area contributed by atoms with Gasteiger partial charge in [-0.15, -0.1) is 11.8 Å². The Bertz CT molecular complexity index is 594. The molecule has 3 rings (SSSR count). The van der Waals surface area contributed by atoms with Crippen molar-refractivity contribution in [1.29, 1.82) is 0 Å². The molecule has 7 heteroatoms. The molecule has 0 unspecified atom stereocenters. The standard InChI is InChI=1S/C15H20N6S/c1-2-22-14-10-16-9-13(20-14)19-12-5-3-8-21(11-12)15-17-6-4-7-18-15/h4,6-7,9-10,12H,2-3,5,8,11H2,1H3,(H,19,20)/t12-/m0/s1. The molecule has 6 nitrogen and oxygen atoms in total. The van der Waals surface area contributed by atoms with Crippen molar-refractivity contribution in [2.24, 2.45) is 0 Å². The van der Waals surface area contributed by atoms with E-state index in [9.17, 15) is 0 Å². The van der Waals surface area contributed by atoms with Crippen LogP contribution in [0.15, 0.2) is 35.9 Å². The molecule has 0 radical (unpaired) electrons. The molecule has 2 aromatic rings. The van der Waals surface area contributed by atoms with Crippen molar-refractivity contribution in [3.8, 4) is 0 Å². The predicted octanol–water partition coefficient (Wildman–Crippen LogP) is 2.46. The van der Waals surface area contributed by atoms with E-state index >= 15 is 0 Å². The summed E-state index contributed by atoms with van der Waals surface area (Å²) < 4.78 is 0. The fraction of sp³-hybridized carbons (Fsp3) is 0.467. The summed E-state index contributed by atoms with van der Waals surface area (Å²) in [6.45, 7) is 4.00. The van der Waals surface area contributed by atoms with Gasteiger partial charge in [0.1, 0.15) is 10.8 Å². The third-order valence-corrected chi connectivity index (χ3v) is 4.29. The maximum atomic E-state index is 4.59. The normalized spacial score (nSPS) is 18.2. The molecule has 0 aromatic carbocycles. The van der Waals surface area contributed by atoms with Crippen LogP contribution in [-0.4, -0.2) is 44.8 Å². The van der Waals surface area contributed by atoms with Crippen LogP contribution in [-0.2, 0) is 0 Å². The Balaban J connectivity index is 1.64. The summed E-state index contributed by atoms with van der Waals surface area (Å²) in [5.74, 6) is 2.65. The average Bonchev–Trinajstić information content (AvgIpc) is 2.57. The van der Waals surface area contributed by atoms with Gasteiger partial charge < -0.3 is 10.2 Å². The van der Waals surface area contributed by atoms with E-state index in [1.165, 1.54) is 0 Å². The van der Waals surface area contributed by atoms with Gasteiger partial charge in [0.05, 0.1) is 12.4 Å². The number of rotatable bonds is 5. The lowest BCUT2D eigenvalue weighted by Gasteiger charge is -2.33. The minimum absolute atomic E-state index is 0.341. The number of piperidine rings is 1. The van der Waals surface area contributed by atoms with E-state index < -0.39 is 0 Å². The van der Waals surface area contributed by atoms with Crippen LogP contribution < -0.4 is 10.2 Å². The Labute approximate surface area is 134 Å². The van der Waals surface area contributed by atoms with Crippen molar-refractivity contribution in [2.45, 2.75) is 30.8 Å². The molecule has 22 heavy (non-hydrogen) atoms. The van der Waals surface area contributed by atoms with Gasteiger partial charge in [-0.25, -0.2) is 15.0 Å². The highest BCUT2D eigenvalue weighted by atomic mass is 32.2. The quantitative estimate of drug-likeness (QED) is 0.850. The topological polar surface area (TPSA) is 66.8 Å². The smallest absolute Gasteiger partial charge is 0.225 e. The van der Waals surface area contributed by atoms with Crippen molar-refractivity contribution in [1.82, 2.24) is 19.9 Å². The van der Waals surface area contributed by atoms with Gasteiger partial charge in [-0.05, 0) is 24.7 Å². The van der Waals surface area contributed by atoms with Crippen LogP contribution in [0.1, 0.15) is 19.8 Å². The Hall–Kier alpha value is -1.89. The van der Waals surface area contributed by atoms with Crippen LogP contribution in [0.25, 0.3) is 0 Å². The first kappa shape index (κ1) is 15.0. The molecule has 1 atom stereocenters. The van der Waals surface area contributed by atoms with E-state index in [1.54, 1.807) is 30.4 Å². The van der Waals surface area contributed by atoms with E-state index in [4.69, 9.17) is 0 Å². The predicted molar refractivity (Wildman–Crippen MR) is 89.3 cm³/mol. The van der Waals surface area contributed by atoms with Crippen LogP contribution in [0.2, 0.25) is 0 Å². The molecule has 0 aliphatic carbocycles. The highest BCUT2D eigenvalue weighted by Crippen LogP contribution is 2.20. The molecule has 1 fully saturated rings. The van der Waals surface area contributed by atoms with Crippen LogP contribution in [0.5, 0.6) is 0 Å². The zero-order chi connectivity index (χ0) is 15.2. The lowest BCUT2D eigenvalue weighted by Crippen LogP contribution is -2.43. The molecule has 2 aromatic heterocycles. The fourth-order valence-corrected chi connectivity index (χ4v) is 3.17. The van der Waals surface area contributed by atoms with Gasteiger partial charge in [-0.2, -0.15) is 0 Å². The maximum absolute atomic E-state index is 4.59. The molecule has 0 spiro atoms. The third kappa shape index (κ3) is 3.85. The van der Waals surface area contributed by atoms with Gasteiger partial charge in [-0.3, -0.25) is 4.98 Å². The Morgan fingerprint density at radius 3 is 3.00 bits per heavy atom. The van der Waals surface area contributed by atoms with E-state index in [0.717, 1.165) is 48.5 Å². The number of aromatic nitrogens is 4. The summed E-state index contributed by atoms with van der Waals surface area (Å²) in [4.78, 5) is 19.8. The van der Waals surface area contributed by atoms with Gasteiger partial charge in [0.25, 0.3) is 0 Å². The summed E-state index contributed by atoms with van der Waals surface area (Å²) in [7, 11) is 0. The van der Waals surface area contributed by atoms with Gasteiger partial charge in [-0.1, -0.05) is 6.92 Å². The summed E-state index contributed by atoms with van der Waals surface area (Å²) in [5, 5.41) is 4.46. The molecule has 1 aliphatic heterocycles. The lowest BCUT2D eigenvalue weighted by molar-refractivity contribution is 0.521. The number of thioether (sulfide) groups is 1. The van der Waals surface area contributed by atoms with Crippen LogP contribution in [0.4, 0.5) is 11.8 Å². The van der Waals surface area contributed by atoms with Crippen LogP contribution in [0.3, 0.4) is 0 Å². The second-order valence-corrected chi connectivity index (χ2v) is 6.44. The molecule has 116 valence electrons. The fourth-order valence-electron chi connectivity index (χ4n) is 2.58. The lowest BCUT2D eigenvalue weighted by atomic mass is 10.1. The molecule has 1 saturated heterocycles. The number of nitrogens with zero attached hydrogens (tertiary/aromatic N) is 5. The van der Waals surface area contributed by atoms with Crippen LogP contribution in [0, 0.1) is 0 Å². The number of anilines is 2. The van der Waals surface area contributed by atoms with E-state index in [2.05, 4.69) is 37.1 Å². The summed E-state index contributed by atoms with van der Waals surface area (Å²) >= 11 is 1.70. The number of hydrogen-bond donors (Lipinski definition) is 1.